The zero-order valence-corrected chi connectivity index (χ0v) is 13.8. The lowest BCUT2D eigenvalue weighted by Gasteiger charge is -2.24. The lowest BCUT2D eigenvalue weighted by Crippen LogP contribution is -2.39. The van der Waals surface area contributed by atoms with Gasteiger partial charge in [0.05, 0.1) is 5.69 Å². The van der Waals surface area contributed by atoms with Gasteiger partial charge in [0.1, 0.15) is 17.6 Å². The van der Waals surface area contributed by atoms with E-state index in [1.54, 1.807) is 25.1 Å². The van der Waals surface area contributed by atoms with Crippen LogP contribution in [-0.2, 0) is 18.9 Å². The van der Waals surface area contributed by atoms with Crippen LogP contribution in [0.5, 0.6) is 5.75 Å². The maximum absolute atomic E-state index is 12.1. The minimum Gasteiger partial charge on any atom is -0.479 e. The van der Waals surface area contributed by atoms with Gasteiger partial charge in [-0.1, -0.05) is 0 Å². The highest BCUT2D eigenvalue weighted by Crippen LogP contribution is 2.33. The summed E-state index contributed by atoms with van der Waals surface area (Å²) in [5.41, 5.74) is -0.486. The Bertz CT molecular complexity index is 1040. The van der Waals surface area contributed by atoms with E-state index < -0.39 is 17.4 Å². The fourth-order valence-electron chi connectivity index (χ4n) is 2.51. The molecule has 1 aromatic heterocycles. The van der Waals surface area contributed by atoms with Crippen molar-refractivity contribution in [1.29, 1.82) is 5.26 Å². The van der Waals surface area contributed by atoms with Crippen molar-refractivity contribution in [2.45, 2.75) is 13.0 Å². The third-order valence-electron chi connectivity index (χ3n) is 3.95. The van der Waals surface area contributed by atoms with Crippen LogP contribution in [0.3, 0.4) is 0 Å². The number of hydrogen-bond donors (Lipinski definition) is 2. The molecule has 9 heteroatoms. The largest absolute Gasteiger partial charge is 0.479 e. The quantitative estimate of drug-likeness (QED) is 0.817. The summed E-state index contributed by atoms with van der Waals surface area (Å²) >= 11 is 0. The molecule has 3 rings (SSSR count). The molecule has 1 aromatic carbocycles. The highest BCUT2D eigenvalue weighted by molar-refractivity contribution is 5.98. The van der Waals surface area contributed by atoms with Crippen molar-refractivity contribution in [2.24, 2.45) is 14.1 Å². The summed E-state index contributed by atoms with van der Waals surface area (Å²) in [6.07, 6.45) is -0.588. The van der Waals surface area contributed by atoms with Gasteiger partial charge in [-0.25, -0.2) is 4.79 Å². The summed E-state index contributed by atoms with van der Waals surface area (Å²) in [5.74, 6) is 0.311. The summed E-state index contributed by atoms with van der Waals surface area (Å²) in [7, 11) is 2.76. The van der Waals surface area contributed by atoms with E-state index in [4.69, 9.17) is 4.74 Å². The number of aromatic nitrogens is 2. The molecule has 0 aliphatic carbocycles. The molecular formula is C16H15N5O4. The summed E-state index contributed by atoms with van der Waals surface area (Å²) in [4.78, 5) is 35.9. The van der Waals surface area contributed by atoms with Crippen molar-refractivity contribution in [3.8, 4) is 11.8 Å². The van der Waals surface area contributed by atoms with Gasteiger partial charge in [0, 0.05) is 19.8 Å². The molecule has 0 saturated carbocycles. The smallest absolute Gasteiger partial charge is 0.332 e. The fourth-order valence-corrected chi connectivity index (χ4v) is 2.51. The number of nitrogens with one attached hydrogen (secondary N) is 2. The average Bonchev–Trinajstić information content (AvgIpc) is 2.59. The lowest BCUT2D eigenvalue weighted by atomic mass is 10.2. The number of hydrogen-bond acceptors (Lipinski definition) is 6. The maximum Gasteiger partial charge on any atom is 0.332 e. The standard InChI is InChI=1S/C16H15N5O4/c1-8-14(22)19-11-6-9(4-5-12(11)25-8)18-13-10(7-17)15(23)21(3)16(24)20(13)2/h4-6,8,18H,1-3H3,(H,19,22)/t8-/m0/s1. The SMILES string of the molecule is C[C@@H]1Oc2ccc(Nc3c(C#N)c(=O)n(C)c(=O)n3C)cc2NC1=O. The van der Waals surface area contributed by atoms with Gasteiger partial charge < -0.3 is 15.4 Å². The Balaban J connectivity index is 2.07. The summed E-state index contributed by atoms with van der Waals surface area (Å²) in [5, 5.41) is 14.9. The first-order valence-corrected chi connectivity index (χ1v) is 7.42. The first kappa shape index (κ1) is 16.3. The van der Waals surface area contributed by atoms with E-state index in [1.165, 1.54) is 18.7 Å². The Morgan fingerprint density at radius 2 is 1.96 bits per heavy atom. The minimum atomic E-state index is -0.684. The van der Waals surface area contributed by atoms with Gasteiger partial charge in [0.2, 0.25) is 0 Å². The van der Waals surface area contributed by atoms with Crippen molar-refractivity contribution in [2.75, 3.05) is 10.6 Å². The molecule has 9 nitrogen and oxygen atoms in total. The van der Waals surface area contributed by atoms with Crippen LogP contribution in [0.15, 0.2) is 27.8 Å². The van der Waals surface area contributed by atoms with Crippen LogP contribution in [0.4, 0.5) is 17.2 Å². The van der Waals surface area contributed by atoms with E-state index in [1.807, 2.05) is 6.07 Å². The highest BCUT2D eigenvalue weighted by atomic mass is 16.5. The van der Waals surface area contributed by atoms with Crippen LogP contribution in [0.1, 0.15) is 12.5 Å². The van der Waals surface area contributed by atoms with Gasteiger partial charge in [-0.05, 0) is 25.1 Å². The predicted molar refractivity (Wildman–Crippen MR) is 90.1 cm³/mol. The summed E-state index contributed by atoms with van der Waals surface area (Å²) in [6, 6.07) is 6.73. The number of benzene rings is 1. The third kappa shape index (κ3) is 2.63. The number of ether oxygens (including phenoxy) is 1. The zero-order valence-electron chi connectivity index (χ0n) is 13.8. The van der Waals surface area contributed by atoms with E-state index >= 15 is 0 Å². The minimum absolute atomic E-state index is 0.0759. The van der Waals surface area contributed by atoms with Crippen molar-refractivity contribution < 1.29 is 9.53 Å². The Kier molecular flexibility index (Phi) is 3.81. The van der Waals surface area contributed by atoms with Crippen LogP contribution >= 0.6 is 0 Å². The van der Waals surface area contributed by atoms with Gasteiger partial charge in [-0.15, -0.1) is 0 Å². The molecule has 1 atom stereocenters. The second-order valence-corrected chi connectivity index (χ2v) is 5.63. The zero-order chi connectivity index (χ0) is 18.3. The third-order valence-corrected chi connectivity index (χ3v) is 3.95. The first-order valence-electron chi connectivity index (χ1n) is 7.42. The van der Waals surface area contributed by atoms with E-state index in [9.17, 15) is 19.6 Å². The summed E-state index contributed by atoms with van der Waals surface area (Å²) < 4.78 is 7.52. The van der Waals surface area contributed by atoms with Crippen LogP contribution in [0.2, 0.25) is 0 Å². The van der Waals surface area contributed by atoms with Gasteiger partial charge in [-0.2, -0.15) is 5.26 Å². The number of nitrogens with zero attached hydrogens (tertiary/aromatic N) is 3. The van der Waals surface area contributed by atoms with E-state index in [-0.39, 0.29) is 17.3 Å². The number of anilines is 3. The predicted octanol–water partition coefficient (Wildman–Crippen LogP) is 0.419. The number of nitriles is 1. The molecule has 2 N–H and O–H groups in total. The molecule has 0 fully saturated rings. The Morgan fingerprint density at radius 3 is 2.64 bits per heavy atom. The first-order chi connectivity index (χ1) is 11.8. The molecule has 0 radical (unpaired) electrons. The van der Waals surface area contributed by atoms with Crippen molar-refractivity contribution in [3.05, 3.63) is 44.6 Å². The number of amides is 1. The highest BCUT2D eigenvalue weighted by Gasteiger charge is 2.24. The van der Waals surface area contributed by atoms with Crippen LogP contribution in [0, 0.1) is 11.3 Å². The Hall–Kier alpha value is -3.54. The molecule has 128 valence electrons. The molecule has 0 unspecified atom stereocenters. The number of rotatable bonds is 2. The van der Waals surface area contributed by atoms with Crippen LogP contribution in [0.25, 0.3) is 0 Å². The van der Waals surface area contributed by atoms with Crippen molar-refractivity contribution in [1.82, 2.24) is 9.13 Å². The molecule has 2 heterocycles. The molecule has 1 aliphatic heterocycles. The molecule has 25 heavy (non-hydrogen) atoms. The Labute approximate surface area is 142 Å². The number of carbonyl (C=O) groups is 1. The average molecular weight is 341 g/mol. The number of fused-ring (bicyclic) bond motifs is 1. The van der Waals surface area contributed by atoms with Gasteiger partial charge in [0.25, 0.3) is 11.5 Å². The molecule has 1 aliphatic rings. The Morgan fingerprint density at radius 1 is 1.24 bits per heavy atom. The van der Waals surface area contributed by atoms with E-state index in [2.05, 4.69) is 10.6 Å². The van der Waals surface area contributed by atoms with E-state index in [0.29, 0.717) is 17.1 Å². The molecule has 1 amide bonds. The van der Waals surface area contributed by atoms with Crippen molar-refractivity contribution in [3.63, 3.8) is 0 Å². The fraction of sp³-hybridized carbons (Fsp3) is 0.250. The normalized spacial score (nSPS) is 15.6. The topological polar surface area (TPSA) is 118 Å². The second kappa shape index (κ2) is 5.83. The second-order valence-electron chi connectivity index (χ2n) is 5.63. The molecular weight excluding hydrogens is 326 g/mol. The number of carbonyl (C=O) groups excluding carboxylic acids is 1. The molecule has 0 spiro atoms. The van der Waals surface area contributed by atoms with Gasteiger partial charge in [-0.3, -0.25) is 18.7 Å². The van der Waals surface area contributed by atoms with Gasteiger partial charge in [0.15, 0.2) is 11.7 Å². The molecule has 0 bridgehead atoms. The summed E-state index contributed by atoms with van der Waals surface area (Å²) in [6.45, 7) is 1.64. The van der Waals surface area contributed by atoms with Gasteiger partial charge >= 0.3 is 5.69 Å². The van der Waals surface area contributed by atoms with E-state index in [0.717, 1.165) is 4.57 Å². The lowest BCUT2D eigenvalue weighted by molar-refractivity contribution is -0.122. The molecule has 0 saturated heterocycles. The maximum atomic E-state index is 12.1. The molecule has 2 aromatic rings. The van der Waals surface area contributed by atoms with Crippen molar-refractivity contribution >= 4 is 23.1 Å². The van der Waals surface area contributed by atoms with Crippen LogP contribution < -0.4 is 26.6 Å². The van der Waals surface area contributed by atoms with Crippen LogP contribution in [-0.4, -0.2) is 21.1 Å². The monoisotopic (exact) mass is 341 g/mol.